The van der Waals surface area contributed by atoms with E-state index in [1.54, 1.807) is 13.8 Å². The minimum atomic E-state index is -0.722. The molecule has 0 unspecified atom stereocenters. The molecule has 56 valence electrons. The summed E-state index contributed by atoms with van der Waals surface area (Å²) < 4.78 is 0. The molecule has 0 amide bonds. The average Bonchev–Trinajstić information content (AvgIpc) is 1.67. The first-order valence-electron chi connectivity index (χ1n) is 2.74. The van der Waals surface area contributed by atoms with Gasteiger partial charge in [-0.15, -0.1) is 0 Å². The quantitative estimate of drug-likeness (QED) is 0.640. The number of aliphatic carboxylic acids is 1. The van der Waals surface area contributed by atoms with Gasteiger partial charge in [-0.05, 0) is 20.3 Å². The molecule has 0 aliphatic rings. The molecule has 0 atom stereocenters. The molecule has 0 saturated carbocycles. The molecule has 0 aromatic heterocycles. The Balaban J connectivity index is 0. The van der Waals surface area contributed by atoms with E-state index in [2.05, 4.69) is 0 Å². The fourth-order valence-corrected chi connectivity index (χ4v) is 0.151. The number of hydrogen-bond donors (Lipinski definition) is 1. The van der Waals surface area contributed by atoms with Crippen LogP contribution in [0.5, 0.6) is 0 Å². The minimum Gasteiger partial charge on any atom is -0.481 e. The first-order chi connectivity index (χ1) is 3.50. The Labute approximate surface area is 66.1 Å². The fourth-order valence-electron chi connectivity index (χ4n) is 0.151. The van der Waals surface area contributed by atoms with Crippen molar-refractivity contribution in [3.8, 4) is 0 Å². The molecule has 0 fully saturated rings. The Morgan fingerprint density at radius 1 is 1.56 bits per heavy atom. The van der Waals surface area contributed by atoms with E-state index >= 15 is 0 Å². The van der Waals surface area contributed by atoms with E-state index in [9.17, 15) is 4.79 Å². The zero-order valence-electron chi connectivity index (χ0n) is 5.92. The first kappa shape index (κ1) is 11.7. The maximum atomic E-state index is 10.3. The third-order valence-electron chi connectivity index (χ3n) is 1.46. The third kappa shape index (κ3) is 3.55. The molecule has 0 aromatic carbocycles. The SMILES string of the molecule is CCC(C)(C)C(=O)O.[Fe]. The van der Waals surface area contributed by atoms with Gasteiger partial charge in [-0.3, -0.25) is 4.79 Å². The van der Waals surface area contributed by atoms with Gasteiger partial charge in [0.25, 0.3) is 0 Å². The van der Waals surface area contributed by atoms with Gasteiger partial charge in [0.05, 0.1) is 5.41 Å². The molecule has 0 rings (SSSR count). The molecule has 0 saturated heterocycles. The van der Waals surface area contributed by atoms with Crippen LogP contribution in [0.1, 0.15) is 27.2 Å². The second-order valence-corrected chi connectivity index (χ2v) is 2.54. The van der Waals surface area contributed by atoms with Crippen LogP contribution in [0, 0.1) is 5.41 Å². The van der Waals surface area contributed by atoms with Crippen molar-refractivity contribution in [1.82, 2.24) is 0 Å². The van der Waals surface area contributed by atoms with E-state index < -0.39 is 11.4 Å². The van der Waals surface area contributed by atoms with Crippen molar-refractivity contribution in [2.45, 2.75) is 27.2 Å². The van der Waals surface area contributed by atoms with Gasteiger partial charge >= 0.3 is 5.97 Å². The zero-order valence-corrected chi connectivity index (χ0v) is 7.02. The van der Waals surface area contributed by atoms with Gasteiger partial charge in [0.2, 0.25) is 0 Å². The Bertz CT molecular complexity index is 99.2. The second-order valence-electron chi connectivity index (χ2n) is 2.54. The zero-order chi connectivity index (χ0) is 6.78. The monoisotopic (exact) mass is 172 g/mol. The summed E-state index contributed by atoms with van der Waals surface area (Å²) in [5.41, 5.74) is -0.542. The van der Waals surface area contributed by atoms with E-state index in [4.69, 9.17) is 5.11 Å². The van der Waals surface area contributed by atoms with E-state index in [1.807, 2.05) is 6.92 Å². The van der Waals surface area contributed by atoms with E-state index in [0.29, 0.717) is 6.42 Å². The van der Waals surface area contributed by atoms with E-state index in [0.717, 1.165) is 0 Å². The largest absolute Gasteiger partial charge is 0.481 e. The standard InChI is InChI=1S/C6H12O2.Fe/c1-4-6(2,3)5(7)8;/h4H2,1-3H3,(H,7,8);. The van der Waals surface area contributed by atoms with Crippen LogP contribution in [0.25, 0.3) is 0 Å². The first-order valence-corrected chi connectivity index (χ1v) is 2.74. The van der Waals surface area contributed by atoms with Crippen LogP contribution in [-0.2, 0) is 21.9 Å². The molecule has 0 heterocycles. The summed E-state index contributed by atoms with van der Waals surface area (Å²) in [6, 6.07) is 0. The topological polar surface area (TPSA) is 37.3 Å². The van der Waals surface area contributed by atoms with Gasteiger partial charge in [-0.2, -0.15) is 0 Å². The number of carboxylic acids is 1. The van der Waals surface area contributed by atoms with Crippen LogP contribution in [0.3, 0.4) is 0 Å². The predicted molar refractivity (Wildman–Crippen MR) is 31.7 cm³/mol. The van der Waals surface area contributed by atoms with Gasteiger partial charge in [0, 0.05) is 17.1 Å². The smallest absolute Gasteiger partial charge is 0.309 e. The second kappa shape index (κ2) is 3.91. The number of carboxylic acid groups (broad SMARTS) is 1. The van der Waals surface area contributed by atoms with Crippen LogP contribution >= 0.6 is 0 Å². The molecule has 9 heavy (non-hydrogen) atoms. The van der Waals surface area contributed by atoms with Crippen LogP contribution in [0.4, 0.5) is 0 Å². The summed E-state index contributed by atoms with van der Waals surface area (Å²) in [5.74, 6) is -0.722. The number of carbonyl (C=O) groups is 1. The van der Waals surface area contributed by atoms with Crippen LogP contribution in [0.2, 0.25) is 0 Å². The van der Waals surface area contributed by atoms with Gasteiger partial charge in [0.15, 0.2) is 0 Å². The summed E-state index contributed by atoms with van der Waals surface area (Å²) in [7, 11) is 0. The number of rotatable bonds is 2. The normalized spacial score (nSPS) is 10.1. The molecule has 0 spiro atoms. The molecular formula is C6H12FeO2. The van der Waals surface area contributed by atoms with E-state index in [-0.39, 0.29) is 17.1 Å². The Kier molecular flexibility index (Phi) is 5.10. The summed E-state index contributed by atoms with van der Waals surface area (Å²) in [6.07, 6.45) is 0.683. The van der Waals surface area contributed by atoms with Gasteiger partial charge in [-0.25, -0.2) is 0 Å². The van der Waals surface area contributed by atoms with Crippen LogP contribution < -0.4 is 0 Å². The van der Waals surface area contributed by atoms with Crippen molar-refractivity contribution in [2.75, 3.05) is 0 Å². The Hall–Kier alpha value is -0.0105. The Morgan fingerprint density at radius 3 is 1.89 bits per heavy atom. The fraction of sp³-hybridized carbons (Fsp3) is 0.833. The molecule has 0 bridgehead atoms. The molecule has 3 heteroatoms. The molecule has 1 N–H and O–H groups in total. The third-order valence-corrected chi connectivity index (χ3v) is 1.46. The minimum absolute atomic E-state index is 0. The summed E-state index contributed by atoms with van der Waals surface area (Å²) in [6.45, 7) is 5.30. The molecule has 0 aliphatic heterocycles. The number of hydrogen-bond acceptors (Lipinski definition) is 1. The molecule has 2 nitrogen and oxygen atoms in total. The summed E-state index contributed by atoms with van der Waals surface area (Å²) >= 11 is 0. The van der Waals surface area contributed by atoms with E-state index in [1.165, 1.54) is 0 Å². The maximum absolute atomic E-state index is 10.3. The Morgan fingerprint density at radius 2 is 1.89 bits per heavy atom. The molecule has 0 aliphatic carbocycles. The van der Waals surface area contributed by atoms with Crippen molar-refractivity contribution >= 4 is 5.97 Å². The van der Waals surface area contributed by atoms with Crippen LogP contribution in [0.15, 0.2) is 0 Å². The average molecular weight is 172 g/mol. The molecule has 0 radical (unpaired) electrons. The van der Waals surface area contributed by atoms with Gasteiger partial charge in [-0.1, -0.05) is 6.92 Å². The molecule has 0 aromatic rings. The van der Waals surface area contributed by atoms with Crippen molar-refractivity contribution in [2.24, 2.45) is 5.41 Å². The van der Waals surface area contributed by atoms with Gasteiger partial charge < -0.3 is 5.11 Å². The van der Waals surface area contributed by atoms with Crippen molar-refractivity contribution in [3.05, 3.63) is 0 Å². The predicted octanol–water partition coefficient (Wildman–Crippen LogP) is 1.50. The van der Waals surface area contributed by atoms with Crippen molar-refractivity contribution in [3.63, 3.8) is 0 Å². The summed E-state index contributed by atoms with van der Waals surface area (Å²) in [4.78, 5) is 10.3. The summed E-state index contributed by atoms with van der Waals surface area (Å²) in [5, 5.41) is 8.44. The van der Waals surface area contributed by atoms with Gasteiger partial charge in [0.1, 0.15) is 0 Å². The van der Waals surface area contributed by atoms with Crippen molar-refractivity contribution < 1.29 is 27.0 Å². The maximum Gasteiger partial charge on any atom is 0.309 e. The van der Waals surface area contributed by atoms with Crippen LogP contribution in [-0.4, -0.2) is 11.1 Å². The molecular weight excluding hydrogens is 160 g/mol. The van der Waals surface area contributed by atoms with Crippen molar-refractivity contribution in [1.29, 1.82) is 0 Å².